The Morgan fingerprint density at radius 1 is 0.899 bits per heavy atom. The number of piperidine rings is 1. The van der Waals surface area contributed by atoms with Gasteiger partial charge in [0.1, 0.15) is 5.75 Å². The second-order valence-electron chi connectivity index (χ2n) is 16.6. The highest BCUT2D eigenvalue weighted by atomic mass is 35.5. The van der Waals surface area contributed by atoms with Crippen molar-refractivity contribution in [3.05, 3.63) is 143 Å². The van der Waals surface area contributed by atoms with Gasteiger partial charge in [0.05, 0.1) is 22.5 Å². The Bertz CT molecular complexity index is 2760. The Morgan fingerprint density at radius 3 is 2.16 bits per heavy atom. The number of Topliss-reactive ketones (excluding diaryl/α,β-unsaturated/α-hetero) is 1. The standard InChI is InChI=1S/C48H53ClF3N2O10PS3.ClH/c1-2-53(28-29-64-65(57,58)59)25-22-34(32-66-41-8-4-3-5-9-41)30-38-16-21-42(31-46(38)68(62,63)48(50,51)52)67(60,61)33-45(55)36-14-19-40(20-15-36)54-26-23-37(24-27-54)47(56)44-11-7-6-10-43(44)35-12-17-39(49)18-13-35;/h3-21,31,34,37,47,56H,2,22-30,32-33H2,1H3,(H2,57,58,59);1H/t34-,47+;/m0./s1. The lowest BCUT2D eigenvalue weighted by Gasteiger charge is -2.36. The molecule has 21 heteroatoms. The predicted molar refractivity (Wildman–Crippen MR) is 266 cm³/mol. The van der Waals surface area contributed by atoms with E-state index in [4.69, 9.17) is 21.4 Å². The van der Waals surface area contributed by atoms with Crippen molar-refractivity contribution >= 4 is 74.7 Å². The number of sulfone groups is 2. The van der Waals surface area contributed by atoms with Crippen LogP contribution in [0.2, 0.25) is 5.02 Å². The number of rotatable bonds is 22. The number of carbonyl (C=O) groups excluding carboxylic acids is 1. The molecule has 0 bridgehead atoms. The molecule has 2 atom stereocenters. The number of anilines is 1. The SMILES string of the molecule is CCN(CCOP(=O)(O)O)CC[C@H](CSc1ccccc1)Cc1ccc(S(=O)(=O)CC(=O)c2ccc(N3CCC([C@@H](O)c4ccccc4-c4ccc(Cl)cc4)CC3)cc2)cc1S(=O)(=O)C(F)(F)F.Cl. The summed E-state index contributed by atoms with van der Waals surface area (Å²) < 4.78 is 112. The summed E-state index contributed by atoms with van der Waals surface area (Å²) in [6.07, 6.45) is 0.761. The minimum atomic E-state index is -6.08. The van der Waals surface area contributed by atoms with Crippen molar-refractivity contribution in [2.45, 2.75) is 58.9 Å². The van der Waals surface area contributed by atoms with Crippen molar-refractivity contribution in [3.63, 3.8) is 0 Å². The van der Waals surface area contributed by atoms with Crippen molar-refractivity contribution in [1.82, 2.24) is 4.90 Å². The fourth-order valence-electron chi connectivity index (χ4n) is 8.21. The van der Waals surface area contributed by atoms with Gasteiger partial charge in [-0.3, -0.25) is 9.32 Å². The van der Waals surface area contributed by atoms with Crippen molar-refractivity contribution in [2.75, 3.05) is 55.7 Å². The highest BCUT2D eigenvalue weighted by Gasteiger charge is 2.48. The van der Waals surface area contributed by atoms with Gasteiger partial charge in [-0.05, 0) is 134 Å². The number of hydrogen-bond acceptors (Lipinski definition) is 11. The molecule has 1 saturated heterocycles. The molecule has 0 radical (unpaired) electrons. The van der Waals surface area contributed by atoms with Crippen LogP contribution in [-0.4, -0.2) is 98.8 Å². The second-order valence-corrected chi connectivity index (χ2v) is 23.2. The summed E-state index contributed by atoms with van der Waals surface area (Å²) in [6.45, 7) is 3.64. The molecular weight excluding hydrogens is 1020 g/mol. The number of phosphoric ester groups is 1. The fourth-order valence-corrected chi connectivity index (χ4v) is 12.1. The van der Waals surface area contributed by atoms with Gasteiger partial charge in [-0.1, -0.05) is 79.2 Å². The van der Waals surface area contributed by atoms with Crippen molar-refractivity contribution in [1.29, 1.82) is 0 Å². The molecule has 5 aromatic rings. The van der Waals surface area contributed by atoms with Crippen LogP contribution in [0, 0.1) is 11.8 Å². The summed E-state index contributed by atoms with van der Waals surface area (Å²) in [6, 6.07) is 33.1. The van der Waals surface area contributed by atoms with Gasteiger partial charge in [0.25, 0.3) is 9.84 Å². The summed E-state index contributed by atoms with van der Waals surface area (Å²) in [5, 5.41) is 12.1. The van der Waals surface area contributed by atoms with Gasteiger partial charge in [-0.15, -0.1) is 24.2 Å². The van der Waals surface area contributed by atoms with Crippen molar-refractivity contribution in [2.24, 2.45) is 11.8 Å². The highest BCUT2D eigenvalue weighted by Crippen LogP contribution is 2.39. The first-order valence-electron chi connectivity index (χ1n) is 21.8. The van der Waals surface area contributed by atoms with Gasteiger partial charge in [0.15, 0.2) is 15.6 Å². The van der Waals surface area contributed by atoms with E-state index in [-0.39, 0.29) is 49.0 Å². The zero-order valence-electron chi connectivity index (χ0n) is 37.5. The lowest BCUT2D eigenvalue weighted by molar-refractivity contribution is -0.0436. The molecule has 1 aliphatic rings. The molecule has 0 aromatic heterocycles. The molecule has 1 aliphatic heterocycles. The molecule has 0 saturated carbocycles. The van der Waals surface area contributed by atoms with Crippen LogP contribution in [0.15, 0.2) is 136 Å². The molecule has 374 valence electrons. The third-order valence-electron chi connectivity index (χ3n) is 12.0. The van der Waals surface area contributed by atoms with E-state index in [1.807, 2.05) is 78.6 Å². The Morgan fingerprint density at radius 2 is 1.54 bits per heavy atom. The number of hydrogen-bond donors (Lipinski definition) is 3. The highest BCUT2D eigenvalue weighted by molar-refractivity contribution is 7.99. The summed E-state index contributed by atoms with van der Waals surface area (Å²) in [5.41, 5.74) is -2.53. The number of halogens is 5. The van der Waals surface area contributed by atoms with E-state index in [0.717, 1.165) is 39.4 Å². The molecule has 5 aromatic carbocycles. The van der Waals surface area contributed by atoms with Gasteiger partial charge in [-0.25, -0.2) is 21.4 Å². The topological polar surface area (TPSA) is 179 Å². The van der Waals surface area contributed by atoms with Gasteiger partial charge in [0.2, 0.25) is 0 Å². The van der Waals surface area contributed by atoms with Crippen LogP contribution >= 0.6 is 43.6 Å². The number of aliphatic hydroxyl groups is 1. The van der Waals surface area contributed by atoms with Crippen LogP contribution in [-0.2, 0) is 35.2 Å². The average Bonchev–Trinajstić information content (AvgIpc) is 3.31. The maximum absolute atomic E-state index is 14.3. The number of likely N-dealkylation sites (N-methyl/N-ethyl adjacent to an activating group) is 1. The van der Waals surface area contributed by atoms with E-state index in [9.17, 15) is 44.5 Å². The van der Waals surface area contributed by atoms with Crippen LogP contribution in [0.1, 0.15) is 53.8 Å². The Kier molecular flexibility index (Phi) is 20.0. The van der Waals surface area contributed by atoms with Gasteiger partial charge in [0, 0.05) is 46.6 Å². The van der Waals surface area contributed by atoms with Crippen LogP contribution in [0.25, 0.3) is 11.1 Å². The third kappa shape index (κ3) is 15.4. The van der Waals surface area contributed by atoms with E-state index >= 15 is 0 Å². The van der Waals surface area contributed by atoms with Crippen LogP contribution < -0.4 is 4.90 Å². The smallest absolute Gasteiger partial charge is 0.388 e. The molecule has 69 heavy (non-hydrogen) atoms. The molecule has 12 nitrogen and oxygen atoms in total. The largest absolute Gasteiger partial charge is 0.501 e. The van der Waals surface area contributed by atoms with Crippen LogP contribution in [0.3, 0.4) is 0 Å². The third-order valence-corrected chi connectivity index (χ3v) is 17.2. The summed E-state index contributed by atoms with van der Waals surface area (Å²) in [7, 11) is -15.5. The zero-order chi connectivity index (χ0) is 49.3. The summed E-state index contributed by atoms with van der Waals surface area (Å²) in [4.78, 5) is 34.4. The molecular formula is C48H54Cl2F3N2O10PS3. The molecule has 3 N–H and O–H groups in total. The molecule has 0 amide bonds. The van der Waals surface area contributed by atoms with E-state index in [1.165, 1.54) is 23.9 Å². The average molecular weight is 1070 g/mol. The Labute approximate surface area is 416 Å². The van der Waals surface area contributed by atoms with Crippen LogP contribution in [0.4, 0.5) is 18.9 Å². The van der Waals surface area contributed by atoms with Crippen LogP contribution in [0.5, 0.6) is 0 Å². The molecule has 1 fully saturated rings. The molecule has 1 heterocycles. The fraction of sp³-hybridized carbons (Fsp3) is 0.354. The van der Waals surface area contributed by atoms with Gasteiger partial charge >= 0.3 is 13.3 Å². The minimum absolute atomic E-state index is 0. The first-order valence-corrected chi connectivity index (χ1v) is 27.9. The summed E-state index contributed by atoms with van der Waals surface area (Å²) in [5.74, 6) is -2.12. The number of thioether (sulfide) groups is 1. The molecule has 6 rings (SSSR count). The number of nitrogens with zero attached hydrogens (tertiary/aromatic N) is 2. The number of phosphoric acid groups is 1. The Hall–Kier alpha value is -3.78. The number of benzene rings is 5. The molecule has 0 spiro atoms. The second kappa shape index (κ2) is 24.6. The van der Waals surface area contributed by atoms with E-state index in [2.05, 4.69) is 9.42 Å². The Balaban J connectivity index is 0.00000888. The van der Waals surface area contributed by atoms with Gasteiger partial charge in [-0.2, -0.15) is 13.2 Å². The first-order chi connectivity index (χ1) is 32.1. The lowest BCUT2D eigenvalue weighted by atomic mass is 9.84. The minimum Gasteiger partial charge on any atom is -0.388 e. The number of carbonyl (C=O) groups is 1. The molecule has 0 unspecified atom stereocenters. The van der Waals surface area contributed by atoms with E-state index < -0.39 is 66.4 Å². The number of ketones is 1. The maximum atomic E-state index is 14.3. The normalized spacial score (nSPS) is 14.9. The monoisotopic (exact) mass is 1070 g/mol. The number of aliphatic hydroxyl groups excluding tert-OH is 1. The quantitative estimate of drug-likeness (QED) is 0.0339. The maximum Gasteiger partial charge on any atom is 0.501 e. The molecule has 0 aliphatic carbocycles. The number of alkyl halides is 3. The van der Waals surface area contributed by atoms with Gasteiger partial charge < -0.3 is 24.7 Å². The van der Waals surface area contributed by atoms with E-state index in [0.29, 0.717) is 62.3 Å². The summed E-state index contributed by atoms with van der Waals surface area (Å²) >= 11 is 7.50. The lowest BCUT2D eigenvalue weighted by Crippen LogP contribution is -2.35. The van der Waals surface area contributed by atoms with Crippen molar-refractivity contribution < 1.29 is 58.8 Å². The van der Waals surface area contributed by atoms with E-state index in [1.54, 1.807) is 24.3 Å². The van der Waals surface area contributed by atoms with Crippen molar-refractivity contribution in [3.8, 4) is 11.1 Å². The first kappa shape index (κ1) is 56.1. The zero-order valence-corrected chi connectivity index (χ0v) is 42.4. The predicted octanol–water partition coefficient (Wildman–Crippen LogP) is 10.1.